The van der Waals surface area contributed by atoms with Crippen LogP contribution in [0.3, 0.4) is 0 Å². The molecule has 172 valence electrons. The number of hydrogen-bond donors (Lipinski definition) is 0. The molecule has 4 saturated carbocycles. The Morgan fingerprint density at radius 3 is 2.43 bits per heavy atom. The Hall–Kier alpha value is -0.530. The van der Waals surface area contributed by atoms with Crippen LogP contribution in [0, 0.1) is 52.3 Å². The highest BCUT2D eigenvalue weighted by Gasteiger charge is 2.60. The van der Waals surface area contributed by atoms with Gasteiger partial charge in [-0.15, -0.1) is 0 Å². The van der Waals surface area contributed by atoms with Gasteiger partial charge in [0.05, 0.1) is 5.71 Å². The minimum atomic E-state index is 0.554. The zero-order chi connectivity index (χ0) is 21.5. The Morgan fingerprint density at radius 2 is 1.70 bits per heavy atom. The fraction of sp³-hybridized carbons (Fsp3) is 0.964. The summed E-state index contributed by atoms with van der Waals surface area (Å²) in [7, 11) is 1.71. The monoisotopic (exact) mass is 415 g/mol. The van der Waals surface area contributed by atoms with Crippen LogP contribution in [-0.4, -0.2) is 12.8 Å². The molecule has 0 heterocycles. The van der Waals surface area contributed by atoms with E-state index in [0.29, 0.717) is 10.8 Å². The average molecular weight is 416 g/mol. The quantitative estimate of drug-likeness (QED) is 0.401. The molecule has 0 saturated heterocycles. The van der Waals surface area contributed by atoms with E-state index in [1.165, 1.54) is 82.8 Å². The Morgan fingerprint density at radius 1 is 0.933 bits per heavy atom. The third-order valence-corrected chi connectivity index (χ3v) is 10.9. The molecule has 30 heavy (non-hydrogen) atoms. The van der Waals surface area contributed by atoms with Crippen LogP contribution in [0.1, 0.15) is 112 Å². The maximum Gasteiger partial charge on any atom is 0.106 e. The molecule has 0 spiro atoms. The first-order valence-corrected chi connectivity index (χ1v) is 13.4. The molecular weight excluding hydrogens is 366 g/mol. The third kappa shape index (κ3) is 3.88. The van der Waals surface area contributed by atoms with E-state index in [1.807, 2.05) is 0 Å². The molecule has 0 aromatic rings. The number of oxime groups is 1. The van der Waals surface area contributed by atoms with Crippen LogP contribution < -0.4 is 0 Å². The molecule has 0 aromatic carbocycles. The summed E-state index contributed by atoms with van der Waals surface area (Å²) in [6, 6.07) is 0. The maximum atomic E-state index is 5.13. The summed E-state index contributed by atoms with van der Waals surface area (Å²) in [6.45, 7) is 12.8. The van der Waals surface area contributed by atoms with Gasteiger partial charge in [-0.25, -0.2) is 0 Å². The van der Waals surface area contributed by atoms with Gasteiger partial charge < -0.3 is 4.84 Å². The SMILES string of the molecule is CON=C1CC[C@@]2(C)[C@@H](CC[C@@H]3[C@@H]2CC[C@]2(C)[C@@H]([C@H](C)CCCC(C)C)CC[C@@H]32)C1. The predicted octanol–water partition coefficient (Wildman–Crippen LogP) is 8.11. The molecule has 0 aromatic heterocycles. The predicted molar refractivity (Wildman–Crippen MR) is 128 cm³/mol. The molecule has 8 atom stereocenters. The van der Waals surface area contributed by atoms with Gasteiger partial charge in [-0.1, -0.05) is 59.0 Å². The number of nitrogens with zero attached hydrogens (tertiary/aromatic N) is 1. The van der Waals surface area contributed by atoms with Crippen molar-refractivity contribution in [3.05, 3.63) is 0 Å². The van der Waals surface area contributed by atoms with Crippen molar-refractivity contribution >= 4 is 5.71 Å². The number of fused-ring (bicyclic) bond motifs is 5. The van der Waals surface area contributed by atoms with Crippen molar-refractivity contribution in [3.8, 4) is 0 Å². The first kappa shape index (κ1) is 22.7. The Bertz CT molecular complexity index is 626. The first-order valence-electron chi connectivity index (χ1n) is 13.4. The third-order valence-electron chi connectivity index (χ3n) is 10.9. The average Bonchev–Trinajstić information content (AvgIpc) is 3.05. The highest BCUT2D eigenvalue weighted by atomic mass is 16.6. The van der Waals surface area contributed by atoms with Crippen molar-refractivity contribution in [1.82, 2.24) is 0 Å². The summed E-state index contributed by atoms with van der Waals surface area (Å²) < 4.78 is 0. The van der Waals surface area contributed by atoms with Crippen LogP contribution in [0.4, 0.5) is 0 Å². The highest BCUT2D eigenvalue weighted by Crippen LogP contribution is 2.68. The molecule has 0 radical (unpaired) electrons. The molecule has 0 unspecified atom stereocenters. The first-order chi connectivity index (χ1) is 14.3. The van der Waals surface area contributed by atoms with E-state index in [9.17, 15) is 0 Å². The van der Waals surface area contributed by atoms with Gasteiger partial charge in [-0.05, 0) is 110 Å². The molecule has 4 aliphatic rings. The number of hydrogen-bond acceptors (Lipinski definition) is 2. The summed E-state index contributed by atoms with van der Waals surface area (Å²) >= 11 is 0. The smallest absolute Gasteiger partial charge is 0.106 e. The van der Waals surface area contributed by atoms with Crippen LogP contribution in [0.25, 0.3) is 0 Å². The molecule has 0 N–H and O–H groups in total. The summed E-state index contributed by atoms with van der Waals surface area (Å²) in [6.07, 6.45) is 17.0. The van der Waals surface area contributed by atoms with Crippen molar-refractivity contribution in [2.24, 2.45) is 57.4 Å². The van der Waals surface area contributed by atoms with Crippen molar-refractivity contribution in [2.45, 2.75) is 112 Å². The Labute approximate surface area is 187 Å². The van der Waals surface area contributed by atoms with Gasteiger partial charge in [0, 0.05) is 0 Å². The van der Waals surface area contributed by atoms with E-state index in [0.717, 1.165) is 41.4 Å². The van der Waals surface area contributed by atoms with Gasteiger partial charge in [-0.2, -0.15) is 0 Å². The zero-order valence-corrected chi connectivity index (χ0v) is 20.9. The van der Waals surface area contributed by atoms with Crippen molar-refractivity contribution in [3.63, 3.8) is 0 Å². The standard InChI is InChI=1S/C28H49NO/c1-19(2)8-7-9-20(3)24-12-13-25-23-11-10-21-18-22(29-30-6)14-16-27(21,4)26(23)15-17-28(24,25)5/h19-21,23-26H,7-18H2,1-6H3/t20-,21+,23+,24-,25+,26+,27+,28-/m1/s1. The van der Waals surface area contributed by atoms with Gasteiger partial charge in [0.25, 0.3) is 0 Å². The lowest BCUT2D eigenvalue weighted by molar-refractivity contribution is -0.105. The molecule has 0 amide bonds. The summed E-state index contributed by atoms with van der Waals surface area (Å²) in [5.41, 5.74) is 2.51. The lowest BCUT2D eigenvalue weighted by atomic mass is 9.44. The van der Waals surface area contributed by atoms with Gasteiger partial charge in [0.15, 0.2) is 0 Å². The molecule has 4 rings (SSSR count). The van der Waals surface area contributed by atoms with Crippen molar-refractivity contribution < 1.29 is 4.84 Å². The van der Waals surface area contributed by atoms with Gasteiger partial charge in [0.2, 0.25) is 0 Å². The van der Waals surface area contributed by atoms with Crippen LogP contribution in [-0.2, 0) is 4.84 Å². The second-order valence-corrected chi connectivity index (χ2v) is 12.7. The van der Waals surface area contributed by atoms with E-state index >= 15 is 0 Å². The highest BCUT2D eigenvalue weighted by molar-refractivity contribution is 5.85. The van der Waals surface area contributed by atoms with E-state index < -0.39 is 0 Å². The van der Waals surface area contributed by atoms with Crippen LogP contribution in [0.15, 0.2) is 5.16 Å². The normalized spacial score (nSPS) is 45.7. The minimum absolute atomic E-state index is 0.554. The fourth-order valence-electron chi connectivity index (χ4n) is 9.30. The molecule has 2 nitrogen and oxygen atoms in total. The Balaban J connectivity index is 1.45. The van der Waals surface area contributed by atoms with Crippen LogP contribution >= 0.6 is 0 Å². The molecule has 0 aliphatic heterocycles. The van der Waals surface area contributed by atoms with Crippen LogP contribution in [0.2, 0.25) is 0 Å². The lowest BCUT2D eigenvalue weighted by Gasteiger charge is -2.60. The summed E-state index contributed by atoms with van der Waals surface area (Å²) in [4.78, 5) is 5.13. The molecule has 0 bridgehead atoms. The van der Waals surface area contributed by atoms with Crippen molar-refractivity contribution in [2.75, 3.05) is 7.11 Å². The summed E-state index contributed by atoms with van der Waals surface area (Å²) in [5, 5.41) is 4.36. The van der Waals surface area contributed by atoms with Gasteiger partial charge >= 0.3 is 0 Å². The zero-order valence-electron chi connectivity index (χ0n) is 20.9. The van der Waals surface area contributed by atoms with E-state index in [2.05, 4.69) is 39.8 Å². The number of rotatable bonds is 6. The van der Waals surface area contributed by atoms with Crippen LogP contribution in [0.5, 0.6) is 0 Å². The van der Waals surface area contributed by atoms with E-state index in [1.54, 1.807) is 7.11 Å². The second-order valence-electron chi connectivity index (χ2n) is 12.7. The molecular formula is C28H49NO. The van der Waals surface area contributed by atoms with Crippen molar-refractivity contribution in [1.29, 1.82) is 0 Å². The molecule has 2 heteroatoms. The topological polar surface area (TPSA) is 21.6 Å². The Kier molecular flexibility index (Phi) is 6.63. The molecule has 4 fully saturated rings. The van der Waals surface area contributed by atoms with Gasteiger partial charge in [0.1, 0.15) is 7.11 Å². The lowest BCUT2D eigenvalue weighted by Crippen LogP contribution is -2.53. The fourth-order valence-corrected chi connectivity index (χ4v) is 9.30. The molecule has 4 aliphatic carbocycles. The second kappa shape index (κ2) is 8.78. The maximum absolute atomic E-state index is 5.13. The largest absolute Gasteiger partial charge is 0.399 e. The van der Waals surface area contributed by atoms with Gasteiger partial charge in [-0.3, -0.25) is 0 Å². The summed E-state index contributed by atoms with van der Waals surface area (Å²) in [5.74, 6) is 6.57. The van der Waals surface area contributed by atoms with E-state index in [-0.39, 0.29) is 0 Å². The van der Waals surface area contributed by atoms with E-state index in [4.69, 9.17) is 4.84 Å². The minimum Gasteiger partial charge on any atom is -0.399 e.